The molecule has 1 saturated heterocycles. The Morgan fingerprint density at radius 3 is 2.65 bits per heavy atom. The number of alkyl halides is 1. The van der Waals surface area contributed by atoms with E-state index in [1.165, 1.54) is 6.20 Å². The van der Waals surface area contributed by atoms with Gasteiger partial charge in [-0.05, 0) is 37.5 Å². The van der Waals surface area contributed by atoms with Crippen molar-refractivity contribution in [3.63, 3.8) is 0 Å². The molecule has 0 spiro atoms. The molecule has 0 radical (unpaired) electrons. The van der Waals surface area contributed by atoms with Crippen LogP contribution in [0.2, 0.25) is 0 Å². The van der Waals surface area contributed by atoms with Crippen LogP contribution in [0.15, 0.2) is 23.1 Å². The molecule has 2 fully saturated rings. The fraction of sp³-hybridized carbons (Fsp3) is 0.474. The minimum absolute atomic E-state index is 0.190. The number of hydrogen-bond acceptors (Lipinski definition) is 4. The summed E-state index contributed by atoms with van der Waals surface area (Å²) in [6.07, 6.45) is 3.42. The van der Waals surface area contributed by atoms with Gasteiger partial charge < -0.3 is 20.3 Å². The van der Waals surface area contributed by atoms with Gasteiger partial charge in [0.25, 0.3) is 0 Å². The van der Waals surface area contributed by atoms with Gasteiger partial charge in [0, 0.05) is 48.4 Å². The Morgan fingerprint density at radius 2 is 2.08 bits per heavy atom. The molecule has 1 saturated carbocycles. The number of anilines is 1. The molecule has 0 unspecified atom stereocenters. The van der Waals surface area contributed by atoms with Gasteiger partial charge in [-0.2, -0.15) is 0 Å². The number of carbonyl (C=O) groups is 1. The molecular weight excluding hydrogens is 337 g/mol. The van der Waals surface area contributed by atoms with Gasteiger partial charge >= 0.3 is 5.97 Å². The van der Waals surface area contributed by atoms with Crippen molar-refractivity contribution in [2.75, 3.05) is 24.7 Å². The lowest BCUT2D eigenvalue weighted by molar-refractivity contribution is 0.0695. The maximum atomic E-state index is 13.1. The van der Waals surface area contributed by atoms with E-state index in [9.17, 15) is 19.1 Å². The SMILES string of the molecule is Cc1c(N2C[C@H](CF)[C@H](N)C2)ccc2c(=O)c(C(=O)O)cn(C3CC3)c12. The summed E-state index contributed by atoms with van der Waals surface area (Å²) in [5.41, 5.74) is 8.01. The summed E-state index contributed by atoms with van der Waals surface area (Å²) in [6.45, 7) is 2.61. The molecule has 2 aromatic rings. The molecule has 3 N–H and O–H groups in total. The number of hydrogen-bond donors (Lipinski definition) is 2. The second-order valence-electron chi connectivity index (χ2n) is 7.40. The van der Waals surface area contributed by atoms with Gasteiger partial charge in [0.1, 0.15) is 5.56 Å². The molecule has 1 aliphatic carbocycles. The standard InChI is InChI=1S/C19H22FN3O3/c1-10-16(22-7-11(6-20)15(21)9-22)5-4-13-17(10)23(12-2-3-12)8-14(18(13)24)19(25)26/h4-5,8,11-12,15H,2-3,6-7,9,21H2,1H3,(H,25,26)/t11-,15+/m0/s1. The van der Waals surface area contributed by atoms with E-state index in [0.29, 0.717) is 18.5 Å². The predicted molar refractivity (Wildman–Crippen MR) is 97.8 cm³/mol. The van der Waals surface area contributed by atoms with E-state index in [0.717, 1.165) is 29.6 Å². The second kappa shape index (κ2) is 6.09. The van der Waals surface area contributed by atoms with Crippen LogP contribution in [-0.2, 0) is 0 Å². The van der Waals surface area contributed by atoms with Gasteiger partial charge in [0.15, 0.2) is 0 Å². The molecule has 138 valence electrons. The lowest BCUT2D eigenvalue weighted by Gasteiger charge is -2.23. The normalized spacial score (nSPS) is 23.0. The van der Waals surface area contributed by atoms with Gasteiger partial charge in [-0.3, -0.25) is 9.18 Å². The Labute approximate surface area is 150 Å². The largest absolute Gasteiger partial charge is 0.477 e. The molecule has 0 bridgehead atoms. The molecule has 2 atom stereocenters. The number of halogens is 1. The molecule has 4 rings (SSSR count). The Balaban J connectivity index is 1.90. The minimum Gasteiger partial charge on any atom is -0.477 e. The van der Waals surface area contributed by atoms with Gasteiger partial charge in [-0.1, -0.05) is 0 Å². The minimum atomic E-state index is -1.20. The summed E-state index contributed by atoms with van der Waals surface area (Å²) in [5, 5.41) is 9.78. The number of carboxylic acids is 1. The van der Waals surface area contributed by atoms with Crippen LogP contribution in [0.25, 0.3) is 10.9 Å². The highest BCUT2D eigenvalue weighted by Gasteiger charge is 2.32. The van der Waals surface area contributed by atoms with Crippen molar-refractivity contribution >= 4 is 22.6 Å². The van der Waals surface area contributed by atoms with Crippen LogP contribution < -0.4 is 16.1 Å². The van der Waals surface area contributed by atoms with Crippen LogP contribution in [0.1, 0.15) is 34.8 Å². The van der Waals surface area contributed by atoms with Crippen molar-refractivity contribution < 1.29 is 14.3 Å². The zero-order valence-corrected chi connectivity index (χ0v) is 14.6. The molecule has 2 aliphatic rings. The summed E-state index contributed by atoms with van der Waals surface area (Å²) in [6, 6.07) is 3.54. The molecule has 6 nitrogen and oxygen atoms in total. The Bertz CT molecular complexity index is 951. The van der Waals surface area contributed by atoms with E-state index in [-0.39, 0.29) is 23.6 Å². The average Bonchev–Trinajstić information content (AvgIpc) is 3.38. The Hall–Kier alpha value is -2.41. The maximum absolute atomic E-state index is 13.1. The highest BCUT2D eigenvalue weighted by atomic mass is 19.1. The van der Waals surface area contributed by atoms with E-state index in [1.807, 2.05) is 17.6 Å². The molecule has 2 heterocycles. The first-order valence-electron chi connectivity index (χ1n) is 8.90. The molecule has 1 aromatic carbocycles. The highest BCUT2D eigenvalue weighted by Crippen LogP contribution is 2.39. The molecular formula is C19H22FN3O3. The van der Waals surface area contributed by atoms with E-state index in [4.69, 9.17) is 5.73 Å². The van der Waals surface area contributed by atoms with Crippen molar-refractivity contribution in [1.29, 1.82) is 0 Å². The van der Waals surface area contributed by atoms with Crippen LogP contribution in [0, 0.1) is 12.8 Å². The number of carboxylic acid groups (broad SMARTS) is 1. The Morgan fingerprint density at radius 1 is 1.35 bits per heavy atom. The number of aromatic nitrogens is 1. The first-order chi connectivity index (χ1) is 12.4. The number of fused-ring (bicyclic) bond motifs is 1. The van der Waals surface area contributed by atoms with Crippen molar-refractivity contribution in [2.45, 2.75) is 31.8 Å². The zero-order chi connectivity index (χ0) is 18.6. The molecule has 26 heavy (non-hydrogen) atoms. The van der Waals surface area contributed by atoms with Crippen LogP contribution in [-0.4, -0.2) is 41.4 Å². The summed E-state index contributed by atoms with van der Waals surface area (Å²) < 4.78 is 15.1. The van der Waals surface area contributed by atoms with Crippen molar-refractivity contribution in [3.8, 4) is 0 Å². The number of aromatic carboxylic acids is 1. The predicted octanol–water partition coefficient (Wildman–Crippen LogP) is 2.08. The number of benzene rings is 1. The van der Waals surface area contributed by atoms with Gasteiger partial charge in [0.05, 0.1) is 12.2 Å². The molecule has 0 amide bonds. The van der Waals surface area contributed by atoms with Crippen molar-refractivity contribution in [2.24, 2.45) is 11.7 Å². The summed E-state index contributed by atoms with van der Waals surface area (Å²) >= 11 is 0. The number of aryl methyl sites for hydroxylation is 1. The number of rotatable bonds is 4. The number of nitrogens with zero attached hydrogens (tertiary/aromatic N) is 2. The third-order valence-electron chi connectivity index (χ3n) is 5.62. The quantitative estimate of drug-likeness (QED) is 0.872. The van der Waals surface area contributed by atoms with Gasteiger partial charge in [-0.25, -0.2) is 4.79 Å². The van der Waals surface area contributed by atoms with E-state index < -0.39 is 18.1 Å². The molecule has 7 heteroatoms. The average molecular weight is 359 g/mol. The Kier molecular flexibility index (Phi) is 3.99. The third-order valence-corrected chi connectivity index (χ3v) is 5.62. The number of nitrogens with two attached hydrogens (primary N) is 1. The second-order valence-corrected chi connectivity index (χ2v) is 7.40. The van der Waals surface area contributed by atoms with Crippen molar-refractivity contribution in [1.82, 2.24) is 4.57 Å². The molecule has 1 aromatic heterocycles. The maximum Gasteiger partial charge on any atom is 0.341 e. The van der Waals surface area contributed by atoms with Crippen LogP contribution in [0.3, 0.4) is 0 Å². The zero-order valence-electron chi connectivity index (χ0n) is 14.6. The lowest BCUT2D eigenvalue weighted by atomic mass is 10.0. The van der Waals surface area contributed by atoms with Crippen molar-refractivity contribution in [3.05, 3.63) is 39.7 Å². The van der Waals surface area contributed by atoms with Crippen LogP contribution in [0.5, 0.6) is 0 Å². The van der Waals surface area contributed by atoms with E-state index in [2.05, 4.69) is 4.90 Å². The lowest BCUT2D eigenvalue weighted by Crippen LogP contribution is -2.30. The topological polar surface area (TPSA) is 88.6 Å². The smallest absolute Gasteiger partial charge is 0.341 e. The fourth-order valence-electron chi connectivity index (χ4n) is 4.00. The summed E-state index contributed by atoms with van der Waals surface area (Å²) in [5.74, 6) is -1.39. The third kappa shape index (κ3) is 2.58. The fourth-order valence-corrected chi connectivity index (χ4v) is 4.00. The summed E-state index contributed by atoms with van der Waals surface area (Å²) in [7, 11) is 0. The number of pyridine rings is 1. The first kappa shape index (κ1) is 17.0. The summed E-state index contributed by atoms with van der Waals surface area (Å²) in [4.78, 5) is 26.1. The van der Waals surface area contributed by atoms with E-state index >= 15 is 0 Å². The van der Waals surface area contributed by atoms with Gasteiger partial charge in [0.2, 0.25) is 5.43 Å². The molecule has 1 aliphatic heterocycles. The van der Waals surface area contributed by atoms with Gasteiger partial charge in [-0.15, -0.1) is 0 Å². The monoisotopic (exact) mass is 359 g/mol. The first-order valence-corrected chi connectivity index (χ1v) is 8.90. The van der Waals surface area contributed by atoms with E-state index in [1.54, 1.807) is 6.07 Å². The highest BCUT2D eigenvalue weighted by molar-refractivity contribution is 5.95. The van der Waals surface area contributed by atoms with Crippen LogP contribution in [0.4, 0.5) is 10.1 Å². The van der Waals surface area contributed by atoms with Crippen LogP contribution >= 0.6 is 0 Å².